The molecule has 0 fully saturated rings. The van der Waals surface area contributed by atoms with E-state index in [1.165, 1.54) is 18.2 Å². The molecule has 0 saturated heterocycles. The number of carbonyl (C=O) groups excluding carboxylic acids is 1. The maximum atomic E-state index is 12.5. The summed E-state index contributed by atoms with van der Waals surface area (Å²) in [6.07, 6.45) is -4.08. The molecule has 124 valence electrons. The van der Waals surface area contributed by atoms with Crippen LogP contribution < -0.4 is 5.32 Å². The fourth-order valence-electron chi connectivity index (χ4n) is 1.87. The predicted molar refractivity (Wildman–Crippen MR) is 82.5 cm³/mol. The minimum Gasteiger partial charge on any atom is -0.347 e. The molecule has 0 spiro atoms. The molecule has 1 aromatic carbocycles. The molecular weight excluding hydrogens is 338 g/mol. The molecule has 1 aromatic rings. The van der Waals surface area contributed by atoms with Crippen LogP contribution in [0.2, 0.25) is 10.0 Å². The average molecular weight is 356 g/mol. The SMILES string of the molecule is CC(CCC(C)(C)NC(=O)c1cc(Cl)cc(Cl)c1)C(F)(F)F. The topological polar surface area (TPSA) is 29.1 Å². The first-order valence-corrected chi connectivity index (χ1v) is 7.51. The zero-order valence-electron chi connectivity index (χ0n) is 12.5. The van der Waals surface area contributed by atoms with Gasteiger partial charge in [0.2, 0.25) is 0 Å². The van der Waals surface area contributed by atoms with Crippen LogP contribution in [0.1, 0.15) is 44.0 Å². The summed E-state index contributed by atoms with van der Waals surface area (Å²) in [7, 11) is 0. The minimum atomic E-state index is -4.22. The molecule has 0 radical (unpaired) electrons. The summed E-state index contributed by atoms with van der Waals surface area (Å²) in [6.45, 7) is 4.49. The van der Waals surface area contributed by atoms with E-state index in [0.29, 0.717) is 10.0 Å². The zero-order chi connectivity index (χ0) is 17.1. The smallest absolute Gasteiger partial charge is 0.347 e. The summed E-state index contributed by atoms with van der Waals surface area (Å²) in [5, 5.41) is 3.35. The van der Waals surface area contributed by atoms with Crippen LogP contribution in [-0.2, 0) is 0 Å². The Bertz CT molecular complexity index is 524. The van der Waals surface area contributed by atoms with Crippen molar-refractivity contribution in [1.82, 2.24) is 5.32 Å². The van der Waals surface area contributed by atoms with Gasteiger partial charge in [-0.1, -0.05) is 30.1 Å². The number of alkyl halides is 3. The Labute approximate surface area is 138 Å². The third-order valence-corrected chi connectivity index (χ3v) is 3.77. The van der Waals surface area contributed by atoms with E-state index in [2.05, 4.69) is 5.32 Å². The van der Waals surface area contributed by atoms with Gasteiger partial charge in [0.05, 0.1) is 5.92 Å². The molecule has 7 heteroatoms. The van der Waals surface area contributed by atoms with Crippen molar-refractivity contribution in [1.29, 1.82) is 0 Å². The van der Waals surface area contributed by atoms with Crippen LogP contribution in [-0.4, -0.2) is 17.6 Å². The van der Waals surface area contributed by atoms with Crippen LogP contribution in [0.5, 0.6) is 0 Å². The molecule has 2 nitrogen and oxygen atoms in total. The van der Waals surface area contributed by atoms with Crippen molar-refractivity contribution in [3.63, 3.8) is 0 Å². The first-order valence-electron chi connectivity index (χ1n) is 6.76. The number of amides is 1. The summed E-state index contributed by atoms with van der Waals surface area (Å²) < 4.78 is 37.6. The van der Waals surface area contributed by atoms with Gasteiger partial charge in [0.15, 0.2) is 0 Å². The standard InChI is InChI=1S/C15H18Cl2F3NO/c1-9(15(18,19)20)4-5-14(2,3)21-13(22)10-6-11(16)8-12(17)7-10/h6-9H,4-5H2,1-3H3,(H,21,22). The predicted octanol–water partition coefficient (Wildman–Crippen LogP) is 5.48. The maximum Gasteiger partial charge on any atom is 0.391 e. The Hall–Kier alpha value is -0.940. The summed E-state index contributed by atoms with van der Waals surface area (Å²) in [5.74, 6) is -1.83. The van der Waals surface area contributed by atoms with E-state index in [-0.39, 0.29) is 18.4 Å². The summed E-state index contributed by atoms with van der Waals surface area (Å²) in [6, 6.07) is 4.41. The normalized spacial score (nSPS) is 13.8. The summed E-state index contributed by atoms with van der Waals surface area (Å²) in [5.41, 5.74) is -0.500. The van der Waals surface area contributed by atoms with Crippen LogP contribution >= 0.6 is 23.2 Å². The molecule has 1 amide bonds. The molecule has 0 aliphatic heterocycles. The van der Waals surface area contributed by atoms with Crippen molar-refractivity contribution >= 4 is 29.1 Å². The lowest BCUT2D eigenvalue weighted by molar-refractivity contribution is -0.172. The third-order valence-electron chi connectivity index (χ3n) is 3.34. The van der Waals surface area contributed by atoms with Crippen molar-refractivity contribution in [2.75, 3.05) is 0 Å². The number of hydrogen-bond donors (Lipinski definition) is 1. The largest absolute Gasteiger partial charge is 0.391 e. The zero-order valence-corrected chi connectivity index (χ0v) is 14.0. The third kappa shape index (κ3) is 6.05. The number of benzene rings is 1. The van der Waals surface area contributed by atoms with Crippen LogP contribution in [0.3, 0.4) is 0 Å². The van der Waals surface area contributed by atoms with Gasteiger partial charge in [-0.05, 0) is 44.9 Å². The van der Waals surface area contributed by atoms with Crippen molar-refractivity contribution in [2.24, 2.45) is 5.92 Å². The fraction of sp³-hybridized carbons (Fsp3) is 0.533. The molecule has 0 aliphatic carbocycles. The quantitative estimate of drug-likeness (QED) is 0.744. The Morgan fingerprint density at radius 2 is 1.68 bits per heavy atom. The van der Waals surface area contributed by atoms with Crippen LogP contribution in [0.25, 0.3) is 0 Å². The highest BCUT2D eigenvalue weighted by Crippen LogP contribution is 2.31. The van der Waals surface area contributed by atoms with E-state index in [1.54, 1.807) is 13.8 Å². The molecule has 0 saturated carbocycles. The summed E-state index contributed by atoms with van der Waals surface area (Å²) >= 11 is 11.7. The molecule has 0 bridgehead atoms. The highest BCUT2D eigenvalue weighted by atomic mass is 35.5. The van der Waals surface area contributed by atoms with E-state index < -0.39 is 23.5 Å². The average Bonchev–Trinajstić information content (AvgIpc) is 2.33. The van der Waals surface area contributed by atoms with Crippen LogP contribution in [0.15, 0.2) is 18.2 Å². The molecule has 1 N–H and O–H groups in total. The fourth-order valence-corrected chi connectivity index (χ4v) is 2.39. The Morgan fingerprint density at radius 3 is 2.14 bits per heavy atom. The number of nitrogens with one attached hydrogen (secondary N) is 1. The van der Waals surface area contributed by atoms with Crippen molar-refractivity contribution < 1.29 is 18.0 Å². The van der Waals surface area contributed by atoms with E-state index in [0.717, 1.165) is 6.92 Å². The van der Waals surface area contributed by atoms with Gasteiger partial charge in [-0.3, -0.25) is 4.79 Å². The maximum absolute atomic E-state index is 12.5. The van der Waals surface area contributed by atoms with E-state index in [1.807, 2.05) is 0 Å². The molecule has 1 atom stereocenters. The van der Waals surface area contributed by atoms with Crippen molar-refractivity contribution in [3.05, 3.63) is 33.8 Å². The van der Waals surface area contributed by atoms with Crippen molar-refractivity contribution in [3.8, 4) is 0 Å². The second kappa shape index (κ2) is 7.09. The van der Waals surface area contributed by atoms with E-state index >= 15 is 0 Å². The first kappa shape index (κ1) is 19.1. The second-order valence-corrected chi connectivity index (χ2v) is 6.85. The van der Waals surface area contributed by atoms with Gasteiger partial charge in [0, 0.05) is 21.1 Å². The van der Waals surface area contributed by atoms with Crippen molar-refractivity contribution in [2.45, 2.75) is 45.3 Å². The Balaban J connectivity index is 2.69. The Morgan fingerprint density at radius 1 is 1.18 bits per heavy atom. The van der Waals surface area contributed by atoms with E-state index in [9.17, 15) is 18.0 Å². The molecule has 1 rings (SSSR count). The van der Waals surface area contributed by atoms with Gasteiger partial charge in [-0.25, -0.2) is 0 Å². The lowest BCUT2D eigenvalue weighted by Gasteiger charge is -2.28. The monoisotopic (exact) mass is 355 g/mol. The number of halogens is 5. The Kier molecular flexibility index (Phi) is 6.16. The molecule has 0 aliphatic rings. The first-order chi connectivity index (χ1) is 9.90. The minimum absolute atomic E-state index is 0.0624. The lowest BCUT2D eigenvalue weighted by Crippen LogP contribution is -2.44. The number of rotatable bonds is 5. The van der Waals surface area contributed by atoms with Gasteiger partial charge in [-0.15, -0.1) is 0 Å². The van der Waals surface area contributed by atoms with Gasteiger partial charge in [0.1, 0.15) is 0 Å². The highest BCUT2D eigenvalue weighted by Gasteiger charge is 2.36. The van der Waals surface area contributed by atoms with Gasteiger partial charge < -0.3 is 5.32 Å². The van der Waals surface area contributed by atoms with Gasteiger partial charge in [0.25, 0.3) is 5.91 Å². The lowest BCUT2D eigenvalue weighted by atomic mass is 9.92. The molecule has 0 heterocycles. The highest BCUT2D eigenvalue weighted by molar-refractivity contribution is 6.35. The molecule has 1 unspecified atom stereocenters. The van der Waals surface area contributed by atoms with Gasteiger partial charge >= 0.3 is 6.18 Å². The van der Waals surface area contributed by atoms with Crippen LogP contribution in [0.4, 0.5) is 13.2 Å². The second-order valence-electron chi connectivity index (χ2n) is 5.98. The molecule has 22 heavy (non-hydrogen) atoms. The van der Waals surface area contributed by atoms with Crippen LogP contribution in [0, 0.1) is 5.92 Å². The molecule has 0 aromatic heterocycles. The molecular formula is C15H18Cl2F3NO. The number of carbonyl (C=O) groups is 1. The van der Waals surface area contributed by atoms with Gasteiger partial charge in [-0.2, -0.15) is 13.2 Å². The summed E-state index contributed by atoms with van der Waals surface area (Å²) in [4.78, 5) is 12.2. The van der Waals surface area contributed by atoms with E-state index in [4.69, 9.17) is 23.2 Å². The number of hydrogen-bond acceptors (Lipinski definition) is 1.